The highest BCUT2D eigenvalue weighted by molar-refractivity contribution is 6.72. The molecule has 0 aliphatic heterocycles. The molecule has 0 saturated heterocycles. The minimum atomic E-state index is -2.04. The molecule has 0 aliphatic rings. The lowest BCUT2D eigenvalue weighted by atomic mass is 10.1. The Kier molecular flexibility index (Phi) is 8.19. The normalized spacial score (nSPS) is 14.3. The quantitative estimate of drug-likeness (QED) is 0.390. The van der Waals surface area contributed by atoms with Gasteiger partial charge in [0.25, 0.3) is 0 Å². The second-order valence-electron chi connectivity index (χ2n) is 11.3. The standard InChI is InChI=1S/C20H40O5Si4/c1-26(2,3)22-17-14-13-16(15-18(17)23-27(4,5)6)19(24-28(7,8)9)20(21)25-29(10,11)12/h13-15,19H,1-12H3/t19-/m1/s1. The van der Waals surface area contributed by atoms with Crippen LogP contribution in [0.2, 0.25) is 78.6 Å². The van der Waals surface area contributed by atoms with Crippen molar-refractivity contribution >= 4 is 39.2 Å². The van der Waals surface area contributed by atoms with Crippen molar-refractivity contribution in [2.45, 2.75) is 84.7 Å². The summed E-state index contributed by atoms with van der Waals surface area (Å²) in [6.07, 6.45) is -0.752. The van der Waals surface area contributed by atoms with Crippen molar-refractivity contribution in [3.05, 3.63) is 23.8 Å². The largest absolute Gasteiger partial charge is 0.542 e. The third kappa shape index (κ3) is 10.6. The molecule has 0 bridgehead atoms. The van der Waals surface area contributed by atoms with E-state index in [9.17, 15) is 4.79 Å². The summed E-state index contributed by atoms with van der Waals surface area (Å²) in [6, 6.07) is 5.72. The minimum absolute atomic E-state index is 0.315. The smallest absolute Gasteiger partial charge is 0.325 e. The van der Waals surface area contributed by atoms with E-state index in [-0.39, 0.29) is 5.97 Å². The molecule has 0 amide bonds. The molecule has 0 unspecified atom stereocenters. The van der Waals surface area contributed by atoms with Crippen LogP contribution in [-0.4, -0.2) is 39.2 Å². The van der Waals surface area contributed by atoms with E-state index in [1.54, 1.807) is 0 Å². The van der Waals surface area contributed by atoms with Gasteiger partial charge >= 0.3 is 5.97 Å². The second kappa shape index (κ2) is 9.09. The maximum Gasteiger partial charge on any atom is 0.325 e. The maximum absolute atomic E-state index is 13.0. The summed E-state index contributed by atoms with van der Waals surface area (Å²) >= 11 is 0. The molecule has 1 aromatic carbocycles. The van der Waals surface area contributed by atoms with Crippen LogP contribution in [0.5, 0.6) is 11.5 Å². The fraction of sp³-hybridized carbons (Fsp3) is 0.650. The van der Waals surface area contributed by atoms with Gasteiger partial charge in [-0.25, -0.2) is 0 Å². The van der Waals surface area contributed by atoms with Crippen LogP contribution in [0.3, 0.4) is 0 Å². The van der Waals surface area contributed by atoms with Crippen molar-refractivity contribution in [2.24, 2.45) is 0 Å². The van der Waals surface area contributed by atoms with Crippen molar-refractivity contribution in [2.75, 3.05) is 0 Å². The Labute approximate surface area is 181 Å². The SMILES string of the molecule is C[Si](C)(C)OC(=O)[C@H](O[Si](C)(C)C)c1ccc(O[Si](C)(C)C)c(O[Si](C)(C)C)c1. The van der Waals surface area contributed by atoms with Crippen molar-refractivity contribution in [1.29, 1.82) is 0 Å². The molecule has 0 heterocycles. The summed E-state index contributed by atoms with van der Waals surface area (Å²) < 4.78 is 24.6. The summed E-state index contributed by atoms with van der Waals surface area (Å²) in [6.45, 7) is 25.0. The number of benzene rings is 1. The first kappa shape index (κ1) is 26.2. The van der Waals surface area contributed by atoms with Crippen LogP contribution in [0.4, 0.5) is 0 Å². The lowest BCUT2D eigenvalue weighted by Gasteiger charge is -2.30. The predicted molar refractivity (Wildman–Crippen MR) is 131 cm³/mol. The zero-order chi connectivity index (χ0) is 22.8. The predicted octanol–water partition coefficient (Wildman–Crippen LogP) is 6.38. The van der Waals surface area contributed by atoms with Crippen LogP contribution in [-0.2, 0) is 13.6 Å². The van der Waals surface area contributed by atoms with Crippen molar-refractivity contribution in [3.8, 4) is 11.5 Å². The van der Waals surface area contributed by atoms with E-state index in [0.717, 1.165) is 11.3 Å². The molecule has 1 aromatic rings. The van der Waals surface area contributed by atoms with Crippen LogP contribution in [0.25, 0.3) is 0 Å². The van der Waals surface area contributed by atoms with Gasteiger partial charge in [-0.15, -0.1) is 0 Å². The first-order chi connectivity index (χ1) is 12.8. The lowest BCUT2D eigenvalue weighted by molar-refractivity contribution is -0.143. The van der Waals surface area contributed by atoms with Gasteiger partial charge in [-0.2, -0.15) is 0 Å². The fourth-order valence-corrected chi connectivity index (χ4v) is 5.77. The number of rotatable bonds is 9. The zero-order valence-electron chi connectivity index (χ0n) is 20.4. The van der Waals surface area contributed by atoms with E-state index in [1.165, 1.54) is 0 Å². The summed E-state index contributed by atoms with van der Waals surface area (Å²) in [5.74, 6) is 1.11. The average Bonchev–Trinajstić information content (AvgIpc) is 2.41. The number of carbonyl (C=O) groups is 1. The first-order valence-electron chi connectivity index (χ1n) is 10.2. The van der Waals surface area contributed by atoms with Gasteiger partial charge in [0, 0.05) is 0 Å². The molecule has 1 atom stereocenters. The summed E-state index contributed by atoms with van der Waals surface area (Å²) in [4.78, 5) is 13.0. The van der Waals surface area contributed by atoms with Gasteiger partial charge < -0.3 is 17.7 Å². The van der Waals surface area contributed by atoms with E-state index < -0.39 is 39.4 Å². The molecular formula is C20H40O5Si4. The molecule has 9 heteroatoms. The first-order valence-corrected chi connectivity index (χ1v) is 23.8. The van der Waals surface area contributed by atoms with Crippen molar-refractivity contribution in [3.63, 3.8) is 0 Å². The Morgan fingerprint density at radius 2 is 1.17 bits per heavy atom. The Bertz CT molecular complexity index is 710. The van der Waals surface area contributed by atoms with Crippen LogP contribution >= 0.6 is 0 Å². The van der Waals surface area contributed by atoms with Crippen molar-refractivity contribution < 1.29 is 22.5 Å². The molecule has 0 radical (unpaired) electrons. The van der Waals surface area contributed by atoms with Gasteiger partial charge in [-0.3, -0.25) is 4.79 Å². The Balaban J connectivity index is 3.43. The van der Waals surface area contributed by atoms with Gasteiger partial charge in [0.15, 0.2) is 14.4 Å². The third-order valence-corrected chi connectivity index (χ3v) is 6.62. The number of hydrogen-bond acceptors (Lipinski definition) is 5. The molecule has 0 N–H and O–H groups in total. The maximum atomic E-state index is 13.0. The van der Waals surface area contributed by atoms with Crippen LogP contribution < -0.4 is 8.85 Å². The summed E-state index contributed by atoms with van der Waals surface area (Å²) in [5, 5.41) is 0. The van der Waals surface area contributed by atoms with Gasteiger partial charge in [0.1, 0.15) is 11.5 Å². The van der Waals surface area contributed by atoms with E-state index in [4.69, 9.17) is 17.7 Å². The monoisotopic (exact) mass is 472 g/mol. The highest BCUT2D eigenvalue weighted by Crippen LogP contribution is 2.36. The van der Waals surface area contributed by atoms with Crippen molar-refractivity contribution in [1.82, 2.24) is 0 Å². The lowest BCUT2D eigenvalue weighted by Crippen LogP contribution is -2.37. The summed E-state index contributed by atoms with van der Waals surface area (Å²) in [5.41, 5.74) is 0.756. The molecular weight excluding hydrogens is 433 g/mol. The number of hydrogen-bond donors (Lipinski definition) is 0. The molecule has 0 saturated carbocycles. The molecule has 0 aromatic heterocycles. The highest BCUT2D eigenvalue weighted by atomic mass is 28.4. The average molecular weight is 473 g/mol. The minimum Gasteiger partial charge on any atom is -0.542 e. The molecule has 5 nitrogen and oxygen atoms in total. The molecule has 166 valence electrons. The molecule has 0 aliphatic carbocycles. The highest BCUT2D eigenvalue weighted by Gasteiger charge is 2.34. The number of carbonyl (C=O) groups excluding carboxylic acids is 1. The summed E-state index contributed by atoms with van der Waals surface area (Å²) in [7, 11) is -7.74. The Morgan fingerprint density at radius 1 is 0.690 bits per heavy atom. The van der Waals surface area contributed by atoms with Crippen LogP contribution in [0, 0.1) is 0 Å². The molecule has 0 spiro atoms. The van der Waals surface area contributed by atoms with Crippen LogP contribution in [0.1, 0.15) is 11.7 Å². The Morgan fingerprint density at radius 3 is 1.59 bits per heavy atom. The van der Waals surface area contributed by atoms with Crippen LogP contribution in [0.15, 0.2) is 18.2 Å². The Hall–Kier alpha value is -0.882. The van der Waals surface area contributed by atoms with Gasteiger partial charge in [0.2, 0.25) is 25.0 Å². The second-order valence-corrected chi connectivity index (χ2v) is 29.0. The molecule has 0 fully saturated rings. The van der Waals surface area contributed by atoms with E-state index in [1.807, 2.05) is 37.8 Å². The van der Waals surface area contributed by atoms with Gasteiger partial charge in [-0.05, 0) is 96.3 Å². The van der Waals surface area contributed by atoms with Gasteiger partial charge in [-0.1, -0.05) is 6.07 Å². The topological polar surface area (TPSA) is 54.0 Å². The molecule has 1 rings (SSSR count). The van der Waals surface area contributed by atoms with Gasteiger partial charge in [0.05, 0.1) is 0 Å². The molecule has 29 heavy (non-hydrogen) atoms. The van der Waals surface area contributed by atoms with E-state index in [0.29, 0.717) is 5.75 Å². The fourth-order valence-electron chi connectivity index (χ4n) is 2.47. The zero-order valence-corrected chi connectivity index (χ0v) is 24.4. The third-order valence-electron chi connectivity index (χ3n) is 3.20. The van der Waals surface area contributed by atoms with E-state index in [2.05, 4.69) is 58.9 Å². The van der Waals surface area contributed by atoms with E-state index >= 15 is 0 Å².